The van der Waals surface area contributed by atoms with E-state index >= 15 is 0 Å². The third kappa shape index (κ3) is 2.72. The van der Waals surface area contributed by atoms with Gasteiger partial charge in [-0.3, -0.25) is 4.90 Å². The number of nitrogens with two attached hydrogens (primary N) is 1. The van der Waals surface area contributed by atoms with Gasteiger partial charge in [-0.2, -0.15) is 5.26 Å². The Labute approximate surface area is 78.2 Å². The summed E-state index contributed by atoms with van der Waals surface area (Å²) in [5.74, 6) is 0. The number of nitriles is 1. The number of nitrogens with zero attached hydrogens (tertiary/aromatic N) is 2. The summed E-state index contributed by atoms with van der Waals surface area (Å²) in [6.45, 7) is 2.59. The lowest BCUT2D eigenvalue weighted by Gasteiger charge is -2.26. The van der Waals surface area contributed by atoms with Gasteiger partial charge in [0, 0.05) is 38.4 Å². The zero-order chi connectivity index (χ0) is 9.68. The molecule has 4 nitrogen and oxygen atoms in total. The van der Waals surface area contributed by atoms with Crippen molar-refractivity contribution in [1.29, 1.82) is 5.26 Å². The van der Waals surface area contributed by atoms with Gasteiger partial charge in [-0.25, -0.2) is 0 Å². The lowest BCUT2D eigenvalue weighted by molar-refractivity contribution is 0.230. The molecule has 3 N–H and O–H groups in total. The molecule has 72 valence electrons. The Balaban J connectivity index is 2.46. The van der Waals surface area contributed by atoms with Gasteiger partial charge in [0.1, 0.15) is 0 Å². The molecule has 1 heterocycles. The van der Waals surface area contributed by atoms with Crippen molar-refractivity contribution in [2.45, 2.75) is 12.8 Å². The van der Waals surface area contributed by atoms with E-state index in [2.05, 4.69) is 11.0 Å². The molecule has 0 atom stereocenters. The number of rotatable bonds is 3. The van der Waals surface area contributed by atoms with E-state index in [1.807, 2.05) is 0 Å². The molecule has 1 rings (SSSR count). The second-order valence-corrected chi connectivity index (χ2v) is 3.22. The van der Waals surface area contributed by atoms with Gasteiger partial charge in [-0.1, -0.05) is 0 Å². The second kappa shape index (κ2) is 4.85. The van der Waals surface area contributed by atoms with Crippen LogP contribution in [0.15, 0.2) is 11.3 Å². The van der Waals surface area contributed by atoms with E-state index in [1.54, 1.807) is 0 Å². The summed E-state index contributed by atoms with van der Waals surface area (Å²) in [7, 11) is 0. The van der Waals surface area contributed by atoms with Crippen molar-refractivity contribution < 1.29 is 5.11 Å². The first-order valence-corrected chi connectivity index (χ1v) is 4.48. The standard InChI is InChI=1S/C9H15N3O/c10-6-8-7-12(3-1-5-13)4-2-9(8)11/h13H,1-5,7,11H2. The zero-order valence-corrected chi connectivity index (χ0v) is 7.66. The topological polar surface area (TPSA) is 73.3 Å². The molecule has 0 saturated heterocycles. The minimum Gasteiger partial charge on any atom is -0.401 e. The van der Waals surface area contributed by atoms with Gasteiger partial charge >= 0.3 is 0 Å². The molecule has 0 aliphatic carbocycles. The van der Waals surface area contributed by atoms with E-state index in [4.69, 9.17) is 16.1 Å². The Morgan fingerprint density at radius 3 is 3.00 bits per heavy atom. The van der Waals surface area contributed by atoms with E-state index in [1.165, 1.54) is 0 Å². The van der Waals surface area contributed by atoms with Crippen LogP contribution in [0.5, 0.6) is 0 Å². The molecular weight excluding hydrogens is 166 g/mol. The molecule has 13 heavy (non-hydrogen) atoms. The van der Waals surface area contributed by atoms with Crippen LogP contribution in [-0.2, 0) is 0 Å². The van der Waals surface area contributed by atoms with Gasteiger partial charge in [0.05, 0.1) is 11.6 Å². The average molecular weight is 181 g/mol. The Kier molecular flexibility index (Phi) is 3.74. The lowest BCUT2D eigenvalue weighted by atomic mass is 10.1. The number of aliphatic hydroxyl groups excluding tert-OH is 1. The smallest absolute Gasteiger partial charge is 0.0979 e. The average Bonchev–Trinajstić information content (AvgIpc) is 2.16. The molecule has 4 heteroatoms. The highest BCUT2D eigenvalue weighted by Gasteiger charge is 2.15. The summed E-state index contributed by atoms with van der Waals surface area (Å²) in [5, 5.41) is 17.4. The first-order chi connectivity index (χ1) is 6.27. The van der Waals surface area contributed by atoms with Crippen LogP contribution in [0.25, 0.3) is 0 Å². The predicted octanol–water partition coefficient (Wildman–Crippen LogP) is -0.189. The maximum Gasteiger partial charge on any atom is 0.0979 e. The van der Waals surface area contributed by atoms with E-state index in [0.29, 0.717) is 12.1 Å². The molecule has 0 fully saturated rings. The third-order valence-corrected chi connectivity index (χ3v) is 2.23. The van der Waals surface area contributed by atoms with Crippen LogP contribution in [0, 0.1) is 11.3 Å². The monoisotopic (exact) mass is 181 g/mol. The largest absolute Gasteiger partial charge is 0.401 e. The van der Waals surface area contributed by atoms with Crippen molar-refractivity contribution in [1.82, 2.24) is 4.90 Å². The highest BCUT2D eigenvalue weighted by Crippen LogP contribution is 2.12. The molecule has 0 bridgehead atoms. The van der Waals surface area contributed by atoms with Crippen LogP contribution in [-0.4, -0.2) is 36.2 Å². The SMILES string of the molecule is N#CC1=C(N)CCN(CCCO)C1. The van der Waals surface area contributed by atoms with Gasteiger partial charge in [-0.15, -0.1) is 0 Å². The fraction of sp³-hybridized carbons (Fsp3) is 0.667. The maximum absolute atomic E-state index is 8.74. The molecule has 0 radical (unpaired) electrons. The molecular formula is C9H15N3O. The molecule has 0 aromatic heterocycles. The normalized spacial score (nSPS) is 18.8. The Bertz CT molecular complexity index is 242. The van der Waals surface area contributed by atoms with Crippen molar-refractivity contribution in [3.05, 3.63) is 11.3 Å². The van der Waals surface area contributed by atoms with Crippen LogP contribution in [0.4, 0.5) is 0 Å². The maximum atomic E-state index is 8.74. The highest BCUT2D eigenvalue weighted by atomic mass is 16.3. The summed E-state index contributed by atoms with van der Waals surface area (Å²) in [5.41, 5.74) is 7.07. The number of hydrogen-bond donors (Lipinski definition) is 2. The third-order valence-electron chi connectivity index (χ3n) is 2.23. The zero-order valence-electron chi connectivity index (χ0n) is 7.66. The van der Waals surface area contributed by atoms with Crippen molar-refractivity contribution in [2.24, 2.45) is 5.73 Å². The first kappa shape index (κ1) is 10.0. The number of aliphatic hydroxyl groups is 1. The lowest BCUT2D eigenvalue weighted by Crippen LogP contribution is -2.34. The van der Waals surface area contributed by atoms with Crippen molar-refractivity contribution in [3.8, 4) is 6.07 Å². The fourth-order valence-electron chi connectivity index (χ4n) is 1.43. The summed E-state index contributed by atoms with van der Waals surface area (Å²) in [6, 6.07) is 2.11. The minimum absolute atomic E-state index is 0.206. The van der Waals surface area contributed by atoms with Crippen LogP contribution in [0.3, 0.4) is 0 Å². The molecule has 0 unspecified atom stereocenters. The van der Waals surface area contributed by atoms with Crippen LogP contribution < -0.4 is 5.73 Å². The van der Waals surface area contributed by atoms with E-state index in [0.717, 1.165) is 31.6 Å². The van der Waals surface area contributed by atoms with Crippen molar-refractivity contribution >= 4 is 0 Å². The summed E-state index contributed by atoms with van der Waals surface area (Å²) in [4.78, 5) is 2.14. The fourth-order valence-corrected chi connectivity index (χ4v) is 1.43. The second-order valence-electron chi connectivity index (χ2n) is 3.22. The quantitative estimate of drug-likeness (QED) is 0.633. The van der Waals surface area contributed by atoms with E-state index < -0.39 is 0 Å². The van der Waals surface area contributed by atoms with E-state index in [-0.39, 0.29) is 6.61 Å². The summed E-state index contributed by atoms with van der Waals surface area (Å²) >= 11 is 0. The summed E-state index contributed by atoms with van der Waals surface area (Å²) < 4.78 is 0. The van der Waals surface area contributed by atoms with Crippen molar-refractivity contribution in [2.75, 3.05) is 26.2 Å². The molecule has 0 aromatic rings. The Morgan fingerprint density at radius 2 is 2.38 bits per heavy atom. The van der Waals surface area contributed by atoms with Crippen LogP contribution in [0.1, 0.15) is 12.8 Å². The highest BCUT2D eigenvalue weighted by molar-refractivity contribution is 5.29. The molecule has 1 aliphatic heterocycles. The molecule has 0 saturated carbocycles. The summed E-state index contributed by atoms with van der Waals surface area (Å²) in [6.07, 6.45) is 1.53. The number of hydrogen-bond acceptors (Lipinski definition) is 4. The Hall–Kier alpha value is -1.05. The van der Waals surface area contributed by atoms with E-state index in [9.17, 15) is 0 Å². The minimum atomic E-state index is 0.206. The van der Waals surface area contributed by atoms with Gasteiger partial charge in [0.15, 0.2) is 0 Å². The Morgan fingerprint density at radius 1 is 1.62 bits per heavy atom. The molecule has 0 amide bonds. The van der Waals surface area contributed by atoms with Crippen molar-refractivity contribution in [3.63, 3.8) is 0 Å². The van der Waals surface area contributed by atoms with Crippen LogP contribution >= 0.6 is 0 Å². The van der Waals surface area contributed by atoms with Gasteiger partial charge < -0.3 is 10.8 Å². The van der Waals surface area contributed by atoms with Gasteiger partial charge in [0.2, 0.25) is 0 Å². The van der Waals surface area contributed by atoms with Crippen LogP contribution in [0.2, 0.25) is 0 Å². The molecule has 1 aliphatic rings. The predicted molar refractivity (Wildman–Crippen MR) is 49.6 cm³/mol. The van der Waals surface area contributed by atoms with Gasteiger partial charge in [0.25, 0.3) is 0 Å². The molecule has 0 aromatic carbocycles. The first-order valence-electron chi connectivity index (χ1n) is 4.48. The van der Waals surface area contributed by atoms with Gasteiger partial charge in [-0.05, 0) is 6.42 Å². The molecule has 0 spiro atoms.